The Bertz CT molecular complexity index is 1210. The lowest BCUT2D eigenvalue weighted by Gasteiger charge is -2.12. The Labute approximate surface area is 155 Å². The fourth-order valence-corrected chi connectivity index (χ4v) is 2.83. The van der Waals surface area contributed by atoms with Crippen molar-refractivity contribution >= 4 is 11.0 Å². The molecule has 0 bridgehead atoms. The number of pyridine rings is 1. The molecule has 1 aromatic carbocycles. The van der Waals surface area contributed by atoms with Crippen molar-refractivity contribution in [1.29, 1.82) is 0 Å². The van der Waals surface area contributed by atoms with Crippen LogP contribution in [0, 0.1) is 0 Å². The summed E-state index contributed by atoms with van der Waals surface area (Å²) in [7, 11) is 1.76. The lowest BCUT2D eigenvalue weighted by atomic mass is 10.1. The Balaban J connectivity index is 1.88. The van der Waals surface area contributed by atoms with Gasteiger partial charge in [0, 0.05) is 48.6 Å². The van der Waals surface area contributed by atoms with Crippen LogP contribution in [0.25, 0.3) is 27.8 Å². The molecule has 0 atom stereocenters. The predicted octanol–water partition coefficient (Wildman–Crippen LogP) is 3.08. The van der Waals surface area contributed by atoms with Crippen molar-refractivity contribution in [3.8, 4) is 22.6 Å². The highest BCUT2D eigenvalue weighted by molar-refractivity contribution is 5.90. The number of alkyl halides is 3. The van der Waals surface area contributed by atoms with Crippen LogP contribution in [0.2, 0.25) is 0 Å². The average Bonchev–Trinajstić information content (AvgIpc) is 3.08. The molecular formula is C18H12F3N5O2. The third kappa shape index (κ3) is 3.31. The maximum Gasteiger partial charge on any atom is 0.573 e. The highest BCUT2D eigenvalue weighted by atomic mass is 19.4. The summed E-state index contributed by atoms with van der Waals surface area (Å²) in [4.78, 5) is 21.2. The molecule has 0 aliphatic carbocycles. The first-order valence-electron chi connectivity index (χ1n) is 8.03. The first-order chi connectivity index (χ1) is 13.3. The van der Waals surface area contributed by atoms with Gasteiger partial charge in [-0.25, -0.2) is 4.98 Å². The summed E-state index contributed by atoms with van der Waals surface area (Å²) in [5, 5.41) is 4.13. The van der Waals surface area contributed by atoms with Gasteiger partial charge in [0.2, 0.25) is 0 Å². The highest BCUT2D eigenvalue weighted by Crippen LogP contribution is 2.26. The summed E-state index contributed by atoms with van der Waals surface area (Å²) in [6, 6.07) is 5.00. The summed E-state index contributed by atoms with van der Waals surface area (Å²) in [6.45, 7) is 0. The van der Waals surface area contributed by atoms with Crippen LogP contribution in [0.5, 0.6) is 5.75 Å². The number of benzene rings is 1. The lowest BCUT2D eigenvalue weighted by Crippen LogP contribution is -2.20. The number of aromatic nitrogens is 5. The van der Waals surface area contributed by atoms with Crippen LogP contribution in [0.3, 0.4) is 0 Å². The molecule has 0 N–H and O–H groups in total. The van der Waals surface area contributed by atoms with Gasteiger partial charge in [-0.3, -0.25) is 19.0 Å². The van der Waals surface area contributed by atoms with E-state index in [-0.39, 0.29) is 11.3 Å². The third-order valence-electron chi connectivity index (χ3n) is 4.00. The fraction of sp³-hybridized carbons (Fsp3) is 0.111. The molecule has 3 aromatic heterocycles. The van der Waals surface area contributed by atoms with Crippen molar-refractivity contribution in [3.05, 3.63) is 65.6 Å². The quantitative estimate of drug-likeness (QED) is 0.540. The van der Waals surface area contributed by atoms with Gasteiger partial charge in [-0.1, -0.05) is 0 Å². The molecule has 0 fully saturated rings. The Morgan fingerprint density at radius 2 is 1.68 bits per heavy atom. The van der Waals surface area contributed by atoms with Gasteiger partial charge >= 0.3 is 6.36 Å². The molecule has 10 heteroatoms. The number of nitrogens with zero attached hydrogens (tertiary/aromatic N) is 5. The molecule has 0 amide bonds. The van der Waals surface area contributed by atoms with Gasteiger partial charge in [0.05, 0.1) is 6.20 Å². The van der Waals surface area contributed by atoms with E-state index in [0.29, 0.717) is 16.8 Å². The Hall–Kier alpha value is -3.69. The van der Waals surface area contributed by atoms with Crippen LogP contribution in [-0.2, 0) is 7.05 Å². The number of rotatable bonds is 3. The van der Waals surface area contributed by atoms with E-state index in [2.05, 4.69) is 19.8 Å². The molecule has 0 saturated carbocycles. The van der Waals surface area contributed by atoms with E-state index in [1.165, 1.54) is 29.1 Å². The van der Waals surface area contributed by atoms with Crippen LogP contribution in [0.15, 0.2) is 60.0 Å². The normalized spacial score (nSPS) is 11.7. The smallest absolute Gasteiger partial charge is 0.406 e. The maximum absolute atomic E-state index is 12.9. The van der Waals surface area contributed by atoms with Crippen LogP contribution >= 0.6 is 0 Å². The van der Waals surface area contributed by atoms with Gasteiger partial charge in [-0.05, 0) is 24.3 Å². The number of ether oxygens (including phenoxy) is 1. The zero-order chi connectivity index (χ0) is 19.9. The zero-order valence-electron chi connectivity index (χ0n) is 14.4. The summed E-state index contributed by atoms with van der Waals surface area (Å²) in [6.07, 6.45) is 3.05. The molecule has 28 heavy (non-hydrogen) atoms. The second kappa shape index (κ2) is 6.48. The predicted molar refractivity (Wildman–Crippen MR) is 94.0 cm³/mol. The Morgan fingerprint density at radius 1 is 1.00 bits per heavy atom. The molecule has 0 spiro atoms. The molecule has 0 saturated heterocycles. The highest BCUT2D eigenvalue weighted by Gasteiger charge is 2.31. The van der Waals surface area contributed by atoms with E-state index in [4.69, 9.17) is 0 Å². The van der Waals surface area contributed by atoms with E-state index in [1.54, 1.807) is 30.3 Å². The minimum absolute atomic E-state index is 0.138. The topological polar surface area (TPSA) is 74.8 Å². The molecule has 4 aromatic rings. The summed E-state index contributed by atoms with van der Waals surface area (Å²) >= 11 is 0. The van der Waals surface area contributed by atoms with Crippen LogP contribution in [0.4, 0.5) is 13.2 Å². The molecule has 0 radical (unpaired) electrons. The fourth-order valence-electron chi connectivity index (χ4n) is 2.83. The van der Waals surface area contributed by atoms with Crippen LogP contribution in [0.1, 0.15) is 0 Å². The first-order valence-corrected chi connectivity index (χ1v) is 8.03. The van der Waals surface area contributed by atoms with Crippen molar-refractivity contribution in [1.82, 2.24) is 24.3 Å². The molecule has 4 rings (SSSR count). The molecule has 0 aliphatic heterocycles. The van der Waals surface area contributed by atoms with Crippen molar-refractivity contribution < 1.29 is 17.9 Å². The minimum atomic E-state index is -4.79. The summed E-state index contributed by atoms with van der Waals surface area (Å²) < 4.78 is 43.8. The first kappa shape index (κ1) is 17.7. The van der Waals surface area contributed by atoms with Gasteiger partial charge in [0.1, 0.15) is 11.3 Å². The van der Waals surface area contributed by atoms with Crippen molar-refractivity contribution in [2.24, 2.45) is 7.05 Å². The largest absolute Gasteiger partial charge is 0.573 e. The zero-order valence-corrected chi connectivity index (χ0v) is 14.4. The van der Waals surface area contributed by atoms with Gasteiger partial charge in [-0.15, -0.1) is 13.2 Å². The van der Waals surface area contributed by atoms with Crippen molar-refractivity contribution in [2.45, 2.75) is 6.36 Å². The monoisotopic (exact) mass is 387 g/mol. The molecule has 142 valence electrons. The second-order valence-corrected chi connectivity index (χ2v) is 5.92. The standard InChI is InChI=1S/C18H12F3N5O2/c1-25-9-11(8-24-25)14-10-26(17(27)16-15(14)22-6-7-23-16)12-2-4-13(5-3-12)28-18(19,20)21/h2-10H,1H3. The van der Waals surface area contributed by atoms with Crippen molar-refractivity contribution in [2.75, 3.05) is 0 Å². The van der Waals surface area contributed by atoms with E-state index in [0.717, 1.165) is 17.7 Å². The maximum atomic E-state index is 12.9. The van der Waals surface area contributed by atoms with Crippen molar-refractivity contribution in [3.63, 3.8) is 0 Å². The van der Waals surface area contributed by atoms with Gasteiger partial charge in [-0.2, -0.15) is 5.10 Å². The lowest BCUT2D eigenvalue weighted by molar-refractivity contribution is -0.274. The third-order valence-corrected chi connectivity index (χ3v) is 4.00. The number of aryl methyl sites for hydroxylation is 1. The van der Waals surface area contributed by atoms with Crippen LogP contribution < -0.4 is 10.3 Å². The van der Waals surface area contributed by atoms with E-state index >= 15 is 0 Å². The molecule has 3 heterocycles. The summed E-state index contributed by atoms with van der Waals surface area (Å²) in [5.41, 5.74) is 1.80. The number of hydrogen-bond donors (Lipinski definition) is 0. The number of fused-ring (bicyclic) bond motifs is 1. The van der Waals surface area contributed by atoms with Crippen LogP contribution in [-0.4, -0.2) is 30.7 Å². The average molecular weight is 387 g/mol. The second-order valence-electron chi connectivity index (χ2n) is 5.92. The molecule has 0 aliphatic rings. The molecular weight excluding hydrogens is 375 g/mol. The van der Waals surface area contributed by atoms with E-state index in [9.17, 15) is 18.0 Å². The van der Waals surface area contributed by atoms with E-state index < -0.39 is 11.9 Å². The van der Waals surface area contributed by atoms with Gasteiger partial charge in [0.15, 0.2) is 5.52 Å². The van der Waals surface area contributed by atoms with Gasteiger partial charge < -0.3 is 4.74 Å². The van der Waals surface area contributed by atoms with E-state index in [1.807, 2.05) is 0 Å². The molecule has 7 nitrogen and oxygen atoms in total. The molecule has 0 unspecified atom stereocenters. The van der Waals surface area contributed by atoms with Gasteiger partial charge in [0.25, 0.3) is 5.56 Å². The number of hydrogen-bond acceptors (Lipinski definition) is 5. The number of halogens is 3. The Kier molecular flexibility index (Phi) is 4.10. The minimum Gasteiger partial charge on any atom is -0.406 e. The SMILES string of the molecule is Cn1cc(-c2cn(-c3ccc(OC(F)(F)F)cc3)c(=O)c3nccnc23)cn1. The Morgan fingerprint density at radius 3 is 2.29 bits per heavy atom. The summed E-state index contributed by atoms with van der Waals surface area (Å²) in [5.74, 6) is -0.377.